The number of rotatable bonds is 9. The van der Waals surface area contributed by atoms with Crippen molar-refractivity contribution in [1.29, 1.82) is 0 Å². The van der Waals surface area contributed by atoms with Crippen molar-refractivity contribution >= 4 is 34.0 Å². The maximum absolute atomic E-state index is 13.4. The van der Waals surface area contributed by atoms with E-state index < -0.39 is 6.10 Å². The van der Waals surface area contributed by atoms with Crippen LogP contribution in [0.15, 0.2) is 85.5 Å². The van der Waals surface area contributed by atoms with Crippen LogP contribution in [0.3, 0.4) is 0 Å². The first kappa shape index (κ1) is 24.7. The van der Waals surface area contributed by atoms with Gasteiger partial charge in [0, 0.05) is 23.5 Å². The lowest BCUT2D eigenvalue weighted by Gasteiger charge is -2.12. The maximum Gasteiger partial charge on any atom is 0.141 e. The van der Waals surface area contributed by atoms with E-state index >= 15 is 0 Å². The topological polar surface area (TPSA) is 92.4 Å². The molecule has 9 heteroatoms. The fourth-order valence-electron chi connectivity index (χ4n) is 3.98. The minimum absolute atomic E-state index is 0.199. The summed E-state index contributed by atoms with van der Waals surface area (Å²) in [5.41, 5.74) is 4.13. The zero-order valence-corrected chi connectivity index (χ0v) is 20.4. The standard InChI is InChI=1S/C28H24ClFN4O3/c29-25-12-22(5-7-27(25)37-16-18-2-1-3-21(30)10-18)33-28-24-11-19(4-6-26(24)31-17-32-28)20-8-9-34(13-20)14-23(36)15-35/h1-13,17,23,35-36H,14-16H2,(H,31,32,33). The van der Waals surface area contributed by atoms with Crippen molar-refractivity contribution in [1.82, 2.24) is 14.5 Å². The van der Waals surface area contributed by atoms with Gasteiger partial charge in [-0.25, -0.2) is 14.4 Å². The van der Waals surface area contributed by atoms with Crippen molar-refractivity contribution in [3.8, 4) is 16.9 Å². The zero-order chi connectivity index (χ0) is 25.8. The van der Waals surface area contributed by atoms with Crippen LogP contribution in [0.2, 0.25) is 5.02 Å². The molecule has 0 amide bonds. The van der Waals surface area contributed by atoms with Crippen LogP contribution in [0, 0.1) is 5.82 Å². The molecule has 2 heterocycles. The van der Waals surface area contributed by atoms with Crippen molar-refractivity contribution in [3.63, 3.8) is 0 Å². The second-order valence-electron chi connectivity index (χ2n) is 8.58. The van der Waals surface area contributed by atoms with E-state index in [1.807, 2.05) is 47.3 Å². The molecule has 0 aliphatic carbocycles. The van der Waals surface area contributed by atoms with E-state index in [0.717, 1.165) is 27.7 Å². The van der Waals surface area contributed by atoms with Gasteiger partial charge in [-0.15, -0.1) is 0 Å². The van der Waals surface area contributed by atoms with Crippen LogP contribution in [0.5, 0.6) is 5.75 Å². The van der Waals surface area contributed by atoms with E-state index in [0.29, 0.717) is 28.7 Å². The number of nitrogens with zero attached hydrogens (tertiary/aromatic N) is 3. The van der Waals surface area contributed by atoms with Gasteiger partial charge >= 0.3 is 0 Å². The van der Waals surface area contributed by atoms with Crippen LogP contribution >= 0.6 is 11.6 Å². The summed E-state index contributed by atoms with van der Waals surface area (Å²) in [4.78, 5) is 8.81. The second-order valence-corrected chi connectivity index (χ2v) is 8.98. The molecule has 1 atom stereocenters. The second kappa shape index (κ2) is 11.0. The molecular formula is C28H24ClFN4O3. The molecule has 0 spiro atoms. The summed E-state index contributed by atoms with van der Waals surface area (Å²) in [6.45, 7) is 0.215. The van der Waals surface area contributed by atoms with E-state index in [9.17, 15) is 9.50 Å². The van der Waals surface area contributed by atoms with E-state index in [-0.39, 0.29) is 19.0 Å². The lowest BCUT2D eigenvalue weighted by Crippen LogP contribution is -2.18. The summed E-state index contributed by atoms with van der Waals surface area (Å²) in [7, 11) is 0. The Balaban J connectivity index is 1.35. The molecule has 0 saturated carbocycles. The predicted octanol–water partition coefficient (Wildman–Crippen LogP) is 5.57. The van der Waals surface area contributed by atoms with Gasteiger partial charge in [-0.2, -0.15) is 0 Å². The van der Waals surface area contributed by atoms with Crippen LogP contribution in [-0.4, -0.2) is 37.5 Å². The number of aromatic nitrogens is 3. The van der Waals surface area contributed by atoms with Crippen LogP contribution in [0.25, 0.3) is 22.0 Å². The van der Waals surface area contributed by atoms with Gasteiger partial charge in [0.05, 0.1) is 29.8 Å². The molecule has 0 aliphatic rings. The molecule has 3 N–H and O–H groups in total. The number of aliphatic hydroxyl groups excluding tert-OH is 2. The molecule has 2 aromatic heterocycles. The fourth-order valence-corrected chi connectivity index (χ4v) is 4.22. The molecule has 5 rings (SSSR count). The summed E-state index contributed by atoms with van der Waals surface area (Å²) in [5, 5.41) is 23.3. The number of nitrogens with one attached hydrogen (secondary N) is 1. The number of aliphatic hydroxyl groups is 2. The Labute approximate surface area is 217 Å². The van der Waals surface area contributed by atoms with E-state index in [1.165, 1.54) is 18.5 Å². The fraction of sp³-hybridized carbons (Fsp3) is 0.143. The van der Waals surface area contributed by atoms with Crippen LogP contribution in [-0.2, 0) is 13.2 Å². The first-order valence-corrected chi connectivity index (χ1v) is 12.0. The predicted molar refractivity (Wildman–Crippen MR) is 142 cm³/mol. The van der Waals surface area contributed by atoms with Gasteiger partial charge in [0.15, 0.2) is 0 Å². The summed E-state index contributed by atoms with van der Waals surface area (Å²) in [5.74, 6) is 0.790. The van der Waals surface area contributed by atoms with Gasteiger partial charge in [0.25, 0.3) is 0 Å². The van der Waals surface area contributed by atoms with Crippen molar-refractivity contribution in [2.45, 2.75) is 19.3 Å². The van der Waals surface area contributed by atoms with Crippen LogP contribution < -0.4 is 10.1 Å². The van der Waals surface area contributed by atoms with E-state index in [4.69, 9.17) is 21.4 Å². The third-order valence-electron chi connectivity index (χ3n) is 5.83. The van der Waals surface area contributed by atoms with Crippen LogP contribution in [0.1, 0.15) is 5.56 Å². The van der Waals surface area contributed by atoms with Gasteiger partial charge in [-0.05, 0) is 65.2 Å². The average Bonchev–Trinajstić information content (AvgIpc) is 3.36. The average molecular weight is 519 g/mol. The molecule has 1 unspecified atom stereocenters. The number of anilines is 2. The molecule has 7 nitrogen and oxygen atoms in total. The Morgan fingerprint density at radius 3 is 2.73 bits per heavy atom. The summed E-state index contributed by atoms with van der Waals surface area (Å²) in [6.07, 6.45) is 4.46. The Kier molecular flexibility index (Phi) is 7.32. The number of fused-ring (bicyclic) bond motifs is 1. The monoisotopic (exact) mass is 518 g/mol. The first-order chi connectivity index (χ1) is 18.0. The molecule has 5 aromatic rings. The minimum Gasteiger partial charge on any atom is -0.487 e. The van der Waals surface area contributed by atoms with Crippen LogP contribution in [0.4, 0.5) is 15.9 Å². The third-order valence-corrected chi connectivity index (χ3v) is 6.12. The zero-order valence-electron chi connectivity index (χ0n) is 19.7. The van der Waals surface area contributed by atoms with Crippen molar-refractivity contribution in [2.75, 3.05) is 11.9 Å². The quantitative estimate of drug-likeness (QED) is 0.236. The molecule has 0 saturated heterocycles. The molecule has 188 valence electrons. The molecule has 0 aliphatic heterocycles. The largest absolute Gasteiger partial charge is 0.487 e. The van der Waals surface area contributed by atoms with Crippen molar-refractivity contribution in [3.05, 3.63) is 102 Å². The van der Waals surface area contributed by atoms with Gasteiger partial charge < -0.3 is 24.8 Å². The maximum atomic E-state index is 13.4. The number of hydrogen-bond donors (Lipinski definition) is 3. The highest BCUT2D eigenvalue weighted by atomic mass is 35.5. The van der Waals surface area contributed by atoms with E-state index in [2.05, 4.69) is 15.3 Å². The molecule has 3 aromatic carbocycles. The smallest absolute Gasteiger partial charge is 0.141 e. The lowest BCUT2D eigenvalue weighted by atomic mass is 10.1. The molecule has 0 radical (unpaired) electrons. The third kappa shape index (κ3) is 5.89. The molecule has 0 bridgehead atoms. The summed E-state index contributed by atoms with van der Waals surface area (Å²) >= 11 is 6.46. The molecular weight excluding hydrogens is 495 g/mol. The van der Waals surface area contributed by atoms with Crippen molar-refractivity contribution in [2.24, 2.45) is 0 Å². The number of hydrogen-bond acceptors (Lipinski definition) is 6. The number of ether oxygens (including phenoxy) is 1. The highest BCUT2D eigenvalue weighted by Crippen LogP contribution is 2.32. The summed E-state index contributed by atoms with van der Waals surface area (Å²) < 4.78 is 21.0. The lowest BCUT2D eigenvalue weighted by molar-refractivity contribution is 0.0813. The van der Waals surface area contributed by atoms with Gasteiger partial charge in [-0.3, -0.25) is 0 Å². The van der Waals surface area contributed by atoms with Crippen molar-refractivity contribution < 1.29 is 19.3 Å². The number of benzene rings is 3. The summed E-state index contributed by atoms with van der Waals surface area (Å²) in [6, 6.07) is 19.4. The Morgan fingerprint density at radius 2 is 1.92 bits per heavy atom. The molecule has 0 fully saturated rings. The Hall–Kier alpha value is -3.98. The highest BCUT2D eigenvalue weighted by Gasteiger charge is 2.11. The van der Waals surface area contributed by atoms with Gasteiger partial charge in [-0.1, -0.05) is 29.8 Å². The Bertz CT molecular complexity index is 1540. The normalized spacial score (nSPS) is 12.0. The van der Waals surface area contributed by atoms with E-state index in [1.54, 1.807) is 24.3 Å². The SMILES string of the molecule is OCC(O)Cn1ccc(-c2ccc3ncnc(Nc4ccc(OCc5cccc(F)c5)c(Cl)c4)c3c2)c1. The molecule has 37 heavy (non-hydrogen) atoms. The highest BCUT2D eigenvalue weighted by molar-refractivity contribution is 6.32. The van der Waals surface area contributed by atoms with Gasteiger partial charge in [0.1, 0.15) is 30.3 Å². The Morgan fingerprint density at radius 1 is 1.03 bits per heavy atom. The first-order valence-electron chi connectivity index (χ1n) is 11.6. The van der Waals surface area contributed by atoms with Gasteiger partial charge in [0.2, 0.25) is 0 Å². The number of halogens is 2. The minimum atomic E-state index is -0.814.